The predicted molar refractivity (Wildman–Crippen MR) is 107 cm³/mol. The average Bonchev–Trinajstić information content (AvgIpc) is 2.77. The zero-order valence-electron chi connectivity index (χ0n) is 15.8. The van der Waals surface area contributed by atoms with Gasteiger partial charge in [0.05, 0.1) is 19.7 Å². The molecule has 0 radical (unpaired) electrons. The van der Waals surface area contributed by atoms with Crippen LogP contribution in [-0.2, 0) is 16.0 Å². The first-order chi connectivity index (χ1) is 13.7. The van der Waals surface area contributed by atoms with Crippen molar-refractivity contribution in [2.24, 2.45) is 0 Å². The minimum absolute atomic E-state index is 0.000524. The molecule has 3 amide bonds. The normalized spacial score (nSPS) is 19.1. The zero-order chi connectivity index (χ0) is 19.3. The fraction of sp³-hybridized carbons (Fsp3) is 0.364. The predicted octanol–water partition coefficient (Wildman–Crippen LogP) is 2.75. The van der Waals surface area contributed by atoms with Gasteiger partial charge in [-0.25, -0.2) is 4.79 Å². The van der Waals surface area contributed by atoms with Crippen molar-refractivity contribution in [3.05, 3.63) is 65.7 Å². The Balaban J connectivity index is 1.34. The van der Waals surface area contributed by atoms with E-state index in [4.69, 9.17) is 4.74 Å². The van der Waals surface area contributed by atoms with E-state index < -0.39 is 0 Å². The summed E-state index contributed by atoms with van der Waals surface area (Å²) >= 11 is 0. The molecule has 2 aromatic carbocycles. The minimum Gasteiger partial charge on any atom is -0.370 e. The van der Waals surface area contributed by atoms with Crippen molar-refractivity contribution in [3.8, 4) is 0 Å². The van der Waals surface area contributed by atoms with E-state index in [1.165, 1.54) is 5.56 Å². The summed E-state index contributed by atoms with van der Waals surface area (Å²) in [5, 5.41) is 2.79. The standard InChI is InChI=1S/C22H25N3O3/c26-21(25-12-6-10-17-7-4-5-11-19(17)25)15-23-22(27)24-13-14-28-20(16-24)18-8-2-1-3-9-18/h1-5,7-9,11,20H,6,10,12-16H2,(H,23,27)/t20-/m0/s1. The highest BCUT2D eigenvalue weighted by Crippen LogP contribution is 2.26. The Bertz CT molecular complexity index is 840. The molecule has 2 heterocycles. The molecule has 0 bridgehead atoms. The summed E-state index contributed by atoms with van der Waals surface area (Å²) in [5.74, 6) is -0.0756. The summed E-state index contributed by atoms with van der Waals surface area (Å²) in [6.07, 6.45) is 1.80. The van der Waals surface area contributed by atoms with Gasteiger partial charge in [-0.2, -0.15) is 0 Å². The maximum absolute atomic E-state index is 12.7. The lowest BCUT2D eigenvalue weighted by Crippen LogP contribution is -2.50. The number of benzene rings is 2. The summed E-state index contributed by atoms with van der Waals surface area (Å²) < 4.78 is 5.81. The molecule has 28 heavy (non-hydrogen) atoms. The van der Waals surface area contributed by atoms with E-state index in [1.54, 1.807) is 9.80 Å². The molecule has 1 saturated heterocycles. The second kappa shape index (κ2) is 8.44. The number of carbonyl (C=O) groups is 2. The number of morpholine rings is 1. The van der Waals surface area contributed by atoms with Crippen LogP contribution >= 0.6 is 0 Å². The number of anilines is 1. The van der Waals surface area contributed by atoms with E-state index in [-0.39, 0.29) is 24.6 Å². The molecule has 0 spiro atoms. The molecule has 2 aliphatic rings. The summed E-state index contributed by atoms with van der Waals surface area (Å²) in [7, 11) is 0. The quantitative estimate of drug-likeness (QED) is 0.892. The monoisotopic (exact) mass is 379 g/mol. The van der Waals surface area contributed by atoms with E-state index in [2.05, 4.69) is 11.4 Å². The van der Waals surface area contributed by atoms with Gasteiger partial charge in [0.2, 0.25) is 5.91 Å². The van der Waals surface area contributed by atoms with E-state index in [9.17, 15) is 9.59 Å². The molecule has 1 fully saturated rings. The van der Waals surface area contributed by atoms with Crippen molar-refractivity contribution in [2.45, 2.75) is 18.9 Å². The highest BCUT2D eigenvalue weighted by molar-refractivity contribution is 5.97. The number of urea groups is 1. The molecule has 1 N–H and O–H groups in total. The Kier molecular flexibility index (Phi) is 5.58. The molecule has 4 rings (SSSR count). The largest absolute Gasteiger partial charge is 0.370 e. The number of ether oxygens (including phenoxy) is 1. The van der Waals surface area contributed by atoms with Crippen molar-refractivity contribution in [1.29, 1.82) is 0 Å². The van der Waals surface area contributed by atoms with Crippen molar-refractivity contribution in [1.82, 2.24) is 10.2 Å². The van der Waals surface area contributed by atoms with Gasteiger partial charge in [-0.3, -0.25) is 4.79 Å². The van der Waals surface area contributed by atoms with E-state index in [1.807, 2.05) is 48.5 Å². The highest BCUT2D eigenvalue weighted by Gasteiger charge is 2.27. The van der Waals surface area contributed by atoms with Crippen LogP contribution in [0.4, 0.5) is 10.5 Å². The number of nitrogens with zero attached hydrogens (tertiary/aromatic N) is 2. The lowest BCUT2D eigenvalue weighted by atomic mass is 10.0. The van der Waals surface area contributed by atoms with Crippen LogP contribution in [0.25, 0.3) is 0 Å². The van der Waals surface area contributed by atoms with Crippen LogP contribution < -0.4 is 10.2 Å². The molecule has 0 aliphatic carbocycles. The number of aryl methyl sites for hydroxylation is 1. The van der Waals surface area contributed by atoms with Crippen molar-refractivity contribution >= 4 is 17.6 Å². The van der Waals surface area contributed by atoms with Gasteiger partial charge in [0.15, 0.2) is 0 Å². The molecule has 0 unspecified atom stereocenters. The van der Waals surface area contributed by atoms with Gasteiger partial charge in [-0.15, -0.1) is 0 Å². The molecule has 1 atom stereocenters. The molecule has 2 aromatic rings. The summed E-state index contributed by atoms with van der Waals surface area (Å²) in [6, 6.07) is 17.7. The first-order valence-electron chi connectivity index (χ1n) is 9.80. The van der Waals surface area contributed by atoms with Gasteiger partial charge < -0.3 is 19.9 Å². The molecule has 6 heteroatoms. The second-order valence-corrected chi connectivity index (χ2v) is 7.15. The highest BCUT2D eigenvalue weighted by atomic mass is 16.5. The lowest BCUT2D eigenvalue weighted by Gasteiger charge is -2.33. The molecular weight excluding hydrogens is 354 g/mol. The Morgan fingerprint density at radius 3 is 2.68 bits per heavy atom. The first-order valence-corrected chi connectivity index (χ1v) is 9.80. The summed E-state index contributed by atoms with van der Waals surface area (Å²) in [6.45, 7) is 2.19. The third-order valence-electron chi connectivity index (χ3n) is 5.33. The number of rotatable bonds is 3. The molecular formula is C22H25N3O3. The van der Waals surface area contributed by atoms with Crippen LogP contribution in [0.2, 0.25) is 0 Å². The van der Waals surface area contributed by atoms with E-state index in [0.717, 1.165) is 24.1 Å². The van der Waals surface area contributed by atoms with Gasteiger partial charge >= 0.3 is 6.03 Å². The van der Waals surface area contributed by atoms with E-state index in [0.29, 0.717) is 26.2 Å². The first kappa shape index (κ1) is 18.5. The van der Waals surface area contributed by atoms with Crippen LogP contribution in [-0.4, -0.2) is 49.6 Å². The molecule has 2 aliphatic heterocycles. The maximum atomic E-state index is 12.7. The van der Waals surface area contributed by atoms with Crippen molar-refractivity contribution in [2.75, 3.05) is 37.7 Å². The number of hydrogen-bond acceptors (Lipinski definition) is 3. The number of hydrogen-bond donors (Lipinski definition) is 1. The summed E-state index contributed by atoms with van der Waals surface area (Å²) in [5.41, 5.74) is 3.21. The van der Waals surface area contributed by atoms with Crippen molar-refractivity contribution in [3.63, 3.8) is 0 Å². The second-order valence-electron chi connectivity index (χ2n) is 7.15. The number of para-hydroxylation sites is 1. The topological polar surface area (TPSA) is 61.9 Å². The zero-order valence-corrected chi connectivity index (χ0v) is 15.8. The summed E-state index contributed by atoms with van der Waals surface area (Å²) in [4.78, 5) is 28.8. The number of amides is 3. The van der Waals surface area contributed by atoms with Crippen LogP contribution in [0.1, 0.15) is 23.7 Å². The number of nitrogens with one attached hydrogen (secondary N) is 1. The van der Waals surface area contributed by atoms with Crippen LogP contribution in [0.3, 0.4) is 0 Å². The third-order valence-corrected chi connectivity index (χ3v) is 5.33. The number of carbonyl (C=O) groups excluding carboxylic acids is 2. The molecule has 0 aromatic heterocycles. The molecule has 146 valence electrons. The Hall–Kier alpha value is -2.86. The van der Waals surface area contributed by atoms with Gasteiger partial charge in [-0.05, 0) is 30.0 Å². The van der Waals surface area contributed by atoms with Crippen LogP contribution in [0.15, 0.2) is 54.6 Å². The molecule has 0 saturated carbocycles. The maximum Gasteiger partial charge on any atom is 0.318 e. The fourth-order valence-electron chi connectivity index (χ4n) is 3.85. The smallest absolute Gasteiger partial charge is 0.318 e. The Labute approximate surface area is 165 Å². The van der Waals surface area contributed by atoms with Crippen molar-refractivity contribution < 1.29 is 14.3 Å². The SMILES string of the molecule is O=C(NCC(=O)N1CCCc2ccccc21)N1CCO[C@H](c2ccccc2)C1. The Morgan fingerprint density at radius 2 is 1.82 bits per heavy atom. The van der Waals surface area contributed by atoms with Crippen LogP contribution in [0.5, 0.6) is 0 Å². The van der Waals surface area contributed by atoms with Gasteiger partial charge in [0.25, 0.3) is 0 Å². The minimum atomic E-state index is -0.220. The lowest BCUT2D eigenvalue weighted by molar-refractivity contribution is -0.117. The average molecular weight is 379 g/mol. The Morgan fingerprint density at radius 1 is 1.04 bits per heavy atom. The van der Waals surface area contributed by atoms with Crippen LogP contribution in [0, 0.1) is 0 Å². The van der Waals surface area contributed by atoms with Gasteiger partial charge in [0, 0.05) is 18.8 Å². The van der Waals surface area contributed by atoms with Gasteiger partial charge in [0.1, 0.15) is 6.10 Å². The molecule has 6 nitrogen and oxygen atoms in total. The number of fused-ring (bicyclic) bond motifs is 1. The fourth-order valence-corrected chi connectivity index (χ4v) is 3.85. The third kappa shape index (κ3) is 4.02. The van der Waals surface area contributed by atoms with Gasteiger partial charge in [-0.1, -0.05) is 48.5 Å². The van der Waals surface area contributed by atoms with E-state index >= 15 is 0 Å².